The van der Waals surface area contributed by atoms with E-state index >= 15 is 0 Å². The average Bonchev–Trinajstić information content (AvgIpc) is 2.97. The van der Waals surface area contributed by atoms with Crippen LogP contribution in [0.1, 0.15) is 82.4 Å². The number of hydrogen-bond acceptors (Lipinski definition) is 3. The van der Waals surface area contributed by atoms with Crippen LogP contribution in [-0.4, -0.2) is 10.9 Å². The number of benzene rings is 1. The van der Waals surface area contributed by atoms with E-state index in [9.17, 15) is 9.90 Å². The Hall–Kier alpha value is -1.61. The van der Waals surface area contributed by atoms with Crippen LogP contribution in [0.3, 0.4) is 0 Å². The van der Waals surface area contributed by atoms with Crippen molar-refractivity contribution in [3.8, 4) is 5.75 Å². The van der Waals surface area contributed by atoms with Crippen LogP contribution in [0.2, 0.25) is 0 Å². The summed E-state index contributed by atoms with van der Waals surface area (Å²) in [7, 11) is 0. The molecule has 0 amide bonds. The van der Waals surface area contributed by atoms with Gasteiger partial charge < -0.3 is 5.11 Å². The minimum absolute atomic E-state index is 0.299. The zero-order valence-electron chi connectivity index (χ0n) is 17.1. The van der Waals surface area contributed by atoms with Gasteiger partial charge in [0.25, 0.3) is 0 Å². The molecule has 2 aliphatic carbocycles. The fourth-order valence-corrected chi connectivity index (χ4v) is 6.44. The first-order chi connectivity index (χ1) is 12.8. The van der Waals surface area contributed by atoms with Gasteiger partial charge in [-0.25, -0.2) is 0 Å². The lowest BCUT2D eigenvalue weighted by Gasteiger charge is -2.12. The smallest absolute Gasteiger partial charge is 0.173 e. The molecule has 1 N–H and O–H groups in total. The summed E-state index contributed by atoms with van der Waals surface area (Å²) in [5, 5.41) is 10.3. The Kier molecular flexibility index (Phi) is 4.50. The molecule has 144 valence electrons. The van der Waals surface area contributed by atoms with Crippen molar-refractivity contribution in [2.75, 3.05) is 0 Å². The van der Waals surface area contributed by atoms with Gasteiger partial charge >= 0.3 is 0 Å². The summed E-state index contributed by atoms with van der Waals surface area (Å²) < 4.78 is 0. The van der Waals surface area contributed by atoms with Crippen molar-refractivity contribution in [2.24, 2.45) is 11.3 Å². The number of phenolic OH excluding ortho intramolecular Hbond substituents is 1. The lowest BCUT2D eigenvalue weighted by molar-refractivity contribution is 0.0986. The van der Waals surface area contributed by atoms with E-state index in [0.29, 0.717) is 29.3 Å². The molecule has 1 unspecified atom stereocenters. The number of phenols is 1. The van der Waals surface area contributed by atoms with Gasteiger partial charge in [-0.3, -0.25) is 4.79 Å². The predicted octanol–water partition coefficient (Wildman–Crippen LogP) is 6.00. The highest BCUT2D eigenvalue weighted by Gasteiger charge is 2.63. The third-order valence-electron chi connectivity index (χ3n) is 7.00. The predicted molar refractivity (Wildman–Crippen MR) is 112 cm³/mol. The summed E-state index contributed by atoms with van der Waals surface area (Å²) in [5.41, 5.74) is 6.46. The average molecular weight is 383 g/mol. The first-order valence-corrected chi connectivity index (χ1v) is 11.1. The third-order valence-corrected chi connectivity index (χ3v) is 8.21. The molecule has 0 bridgehead atoms. The highest BCUT2D eigenvalue weighted by atomic mass is 32.1. The zero-order chi connectivity index (χ0) is 19.5. The second-order valence-electron chi connectivity index (χ2n) is 8.88. The van der Waals surface area contributed by atoms with E-state index in [2.05, 4.69) is 46.8 Å². The molecule has 0 saturated heterocycles. The molecule has 2 atom stereocenters. The number of carbonyl (C=O) groups excluding carboxylic acids is 1. The van der Waals surface area contributed by atoms with Gasteiger partial charge in [0, 0.05) is 11.3 Å². The van der Waals surface area contributed by atoms with Crippen molar-refractivity contribution in [3.63, 3.8) is 0 Å². The molecule has 1 aromatic heterocycles. The number of Topliss-reactive ketones (excluding diaryl/α,β-unsaturated/α-hetero) is 1. The molecule has 2 nitrogen and oxygen atoms in total. The highest BCUT2D eigenvalue weighted by molar-refractivity contribution is 7.14. The maximum atomic E-state index is 13.0. The van der Waals surface area contributed by atoms with Crippen LogP contribution in [0.25, 0.3) is 0 Å². The summed E-state index contributed by atoms with van der Waals surface area (Å²) in [5.74, 6) is 2.16. The van der Waals surface area contributed by atoms with E-state index in [4.69, 9.17) is 0 Å². The van der Waals surface area contributed by atoms with E-state index in [-0.39, 0.29) is 0 Å². The standard InChI is InChI=1S/C24H30O2S/c1-6-15-10-14(11-16(7-2)22(15)26)8-9-19(25)23-17-12-18-21(24(18,4)5)20(17)13(3)27-23/h10-11,18,21,26H,6-9,12H2,1-5H3/t18?,21-/m1/s1. The van der Waals surface area contributed by atoms with Crippen LogP contribution < -0.4 is 0 Å². The van der Waals surface area contributed by atoms with Crippen LogP contribution >= 0.6 is 11.3 Å². The molecular weight excluding hydrogens is 352 g/mol. The van der Waals surface area contributed by atoms with Crippen LogP contribution in [0, 0.1) is 18.3 Å². The third kappa shape index (κ3) is 2.86. The monoisotopic (exact) mass is 382 g/mol. The topological polar surface area (TPSA) is 37.3 Å². The molecule has 1 saturated carbocycles. The van der Waals surface area contributed by atoms with E-state index in [1.807, 2.05) is 0 Å². The SMILES string of the molecule is CCc1cc(CCC(=O)c2sc(C)c3c2CC2[C@H]3C2(C)C)cc(CC)c1O. The van der Waals surface area contributed by atoms with Crippen molar-refractivity contribution in [2.45, 2.75) is 72.6 Å². The number of ketones is 1. The summed E-state index contributed by atoms with van der Waals surface area (Å²) in [6.45, 7) is 11.1. The Bertz CT molecular complexity index is 894. The van der Waals surface area contributed by atoms with Crippen molar-refractivity contribution in [1.29, 1.82) is 0 Å². The van der Waals surface area contributed by atoms with E-state index in [1.165, 1.54) is 21.6 Å². The molecule has 4 rings (SSSR count). The Morgan fingerprint density at radius 3 is 2.44 bits per heavy atom. The van der Waals surface area contributed by atoms with Gasteiger partial charge in [0.1, 0.15) is 5.75 Å². The molecule has 2 aliphatic rings. The van der Waals surface area contributed by atoms with Gasteiger partial charge in [-0.1, -0.05) is 39.8 Å². The van der Waals surface area contributed by atoms with Crippen LogP contribution in [0.5, 0.6) is 5.75 Å². The van der Waals surface area contributed by atoms with Crippen LogP contribution in [0.4, 0.5) is 0 Å². The molecule has 1 aromatic carbocycles. The number of rotatable bonds is 6. The van der Waals surface area contributed by atoms with Crippen molar-refractivity contribution in [3.05, 3.63) is 49.7 Å². The molecule has 0 spiro atoms. The zero-order valence-corrected chi connectivity index (χ0v) is 17.9. The molecular formula is C24H30O2S. The normalized spacial score (nSPS) is 21.8. The van der Waals surface area contributed by atoms with Gasteiger partial charge in [-0.15, -0.1) is 11.3 Å². The fourth-order valence-electron chi connectivity index (χ4n) is 5.24. The van der Waals surface area contributed by atoms with E-state index in [0.717, 1.165) is 47.6 Å². The Labute approximate surface area is 166 Å². The first-order valence-electron chi connectivity index (χ1n) is 10.3. The van der Waals surface area contributed by atoms with Gasteiger partial charge in [-0.2, -0.15) is 0 Å². The van der Waals surface area contributed by atoms with E-state index in [1.54, 1.807) is 11.3 Å². The second kappa shape index (κ2) is 6.48. The number of fused-ring (bicyclic) bond motifs is 3. The minimum atomic E-state index is 0.299. The van der Waals surface area contributed by atoms with Crippen molar-refractivity contribution < 1.29 is 9.90 Å². The number of aryl methyl sites for hydroxylation is 4. The summed E-state index contributed by atoms with van der Waals surface area (Å²) in [6.07, 6.45) is 4.04. The highest BCUT2D eigenvalue weighted by Crippen LogP contribution is 2.71. The maximum absolute atomic E-state index is 13.0. The quantitative estimate of drug-likeness (QED) is 0.622. The fraction of sp³-hybridized carbons (Fsp3) is 0.542. The largest absolute Gasteiger partial charge is 0.507 e. The molecule has 0 radical (unpaired) electrons. The van der Waals surface area contributed by atoms with Gasteiger partial charge in [0.15, 0.2) is 5.78 Å². The molecule has 1 heterocycles. The Morgan fingerprint density at radius 2 is 1.85 bits per heavy atom. The Morgan fingerprint density at radius 1 is 1.22 bits per heavy atom. The molecule has 0 aliphatic heterocycles. The van der Waals surface area contributed by atoms with E-state index < -0.39 is 0 Å². The van der Waals surface area contributed by atoms with Gasteiger partial charge in [0.2, 0.25) is 0 Å². The molecule has 2 aromatic rings. The van der Waals surface area contributed by atoms with Crippen molar-refractivity contribution in [1.82, 2.24) is 0 Å². The number of carbonyl (C=O) groups is 1. The van der Waals surface area contributed by atoms with Gasteiger partial charge in [0.05, 0.1) is 4.88 Å². The number of aromatic hydroxyl groups is 1. The molecule has 3 heteroatoms. The summed E-state index contributed by atoms with van der Waals surface area (Å²) in [4.78, 5) is 15.4. The lowest BCUT2D eigenvalue weighted by Crippen LogP contribution is -2.06. The Balaban J connectivity index is 1.52. The molecule has 1 fully saturated rings. The summed E-state index contributed by atoms with van der Waals surface area (Å²) >= 11 is 1.72. The van der Waals surface area contributed by atoms with Crippen LogP contribution in [0.15, 0.2) is 12.1 Å². The second-order valence-corrected chi connectivity index (χ2v) is 10.1. The lowest BCUT2D eigenvalue weighted by atomic mass is 9.93. The van der Waals surface area contributed by atoms with Gasteiger partial charge in [-0.05, 0) is 77.7 Å². The summed E-state index contributed by atoms with van der Waals surface area (Å²) in [6, 6.07) is 4.15. The molecule has 27 heavy (non-hydrogen) atoms. The number of thiophene rings is 1. The first kappa shape index (κ1) is 18.7. The van der Waals surface area contributed by atoms with Crippen LogP contribution in [-0.2, 0) is 25.7 Å². The van der Waals surface area contributed by atoms with Crippen molar-refractivity contribution >= 4 is 17.1 Å². The number of hydrogen-bond donors (Lipinski definition) is 1. The minimum Gasteiger partial charge on any atom is -0.507 e. The maximum Gasteiger partial charge on any atom is 0.173 e.